The van der Waals surface area contributed by atoms with E-state index in [-0.39, 0.29) is 11.8 Å². The maximum absolute atomic E-state index is 11.5. The Labute approximate surface area is 95.3 Å². The quantitative estimate of drug-likeness (QED) is 0.208. The van der Waals surface area contributed by atoms with Crippen LogP contribution in [0.2, 0.25) is 0 Å². The fraction of sp³-hybridized carbons (Fsp3) is 0.875. The highest BCUT2D eigenvalue weighted by Gasteiger charge is 2.36. The van der Waals surface area contributed by atoms with Gasteiger partial charge in [-0.15, -0.1) is 0 Å². The highest BCUT2D eigenvalue weighted by molar-refractivity contribution is 7.87. The molecule has 5 N–H and O–H groups in total. The number of oxime groups is 1. The van der Waals surface area contributed by atoms with Gasteiger partial charge in [-0.25, -0.2) is 4.72 Å². The predicted molar refractivity (Wildman–Crippen MR) is 60.3 cm³/mol. The van der Waals surface area contributed by atoms with Crippen LogP contribution in [0.5, 0.6) is 0 Å². The Morgan fingerprint density at radius 1 is 1.62 bits per heavy atom. The lowest BCUT2D eigenvalue weighted by atomic mass is 10.2. The Morgan fingerprint density at radius 2 is 2.25 bits per heavy atom. The molecule has 16 heavy (non-hydrogen) atoms. The van der Waals surface area contributed by atoms with Crippen LogP contribution in [-0.2, 0) is 10.2 Å². The van der Waals surface area contributed by atoms with E-state index in [1.165, 1.54) is 0 Å². The summed E-state index contributed by atoms with van der Waals surface area (Å²) in [5, 5.41) is 11.4. The number of nitrogens with two attached hydrogens (primary N) is 1. The molecule has 8 heteroatoms. The molecular formula is C8H18N4O3S. The van der Waals surface area contributed by atoms with Crippen LogP contribution in [0.25, 0.3) is 0 Å². The molecule has 0 aliphatic heterocycles. The zero-order valence-electron chi connectivity index (χ0n) is 9.18. The van der Waals surface area contributed by atoms with Gasteiger partial charge in [-0.3, -0.25) is 0 Å². The van der Waals surface area contributed by atoms with Crippen molar-refractivity contribution in [2.45, 2.75) is 32.2 Å². The Bertz CT molecular complexity index is 350. The Hall–Kier alpha value is -0.860. The third-order valence-electron chi connectivity index (χ3n) is 2.35. The minimum atomic E-state index is -3.58. The summed E-state index contributed by atoms with van der Waals surface area (Å²) in [5.74, 6) is 0.0403. The normalized spacial score (nSPS) is 19.7. The van der Waals surface area contributed by atoms with Crippen molar-refractivity contribution in [3.63, 3.8) is 0 Å². The molecule has 0 bridgehead atoms. The van der Waals surface area contributed by atoms with Crippen molar-refractivity contribution in [1.82, 2.24) is 9.44 Å². The van der Waals surface area contributed by atoms with Crippen LogP contribution < -0.4 is 15.2 Å². The maximum atomic E-state index is 11.5. The molecule has 1 fully saturated rings. The second kappa shape index (κ2) is 5.46. The van der Waals surface area contributed by atoms with E-state index < -0.39 is 16.3 Å². The van der Waals surface area contributed by atoms with Crippen LogP contribution in [0.4, 0.5) is 0 Å². The summed E-state index contributed by atoms with van der Waals surface area (Å²) >= 11 is 0. The number of nitrogens with zero attached hydrogens (tertiary/aromatic N) is 1. The van der Waals surface area contributed by atoms with E-state index in [4.69, 9.17) is 10.9 Å². The van der Waals surface area contributed by atoms with E-state index in [2.05, 4.69) is 14.6 Å². The van der Waals surface area contributed by atoms with E-state index in [0.717, 1.165) is 12.8 Å². The maximum Gasteiger partial charge on any atom is 0.277 e. The van der Waals surface area contributed by atoms with Gasteiger partial charge in [0.1, 0.15) is 0 Å². The third-order valence-corrected chi connectivity index (χ3v) is 3.50. The highest BCUT2D eigenvalue weighted by atomic mass is 32.2. The van der Waals surface area contributed by atoms with Gasteiger partial charge in [0.2, 0.25) is 0 Å². The largest absolute Gasteiger partial charge is 0.409 e. The molecule has 0 heterocycles. The summed E-state index contributed by atoms with van der Waals surface area (Å²) in [6.45, 7) is 2.23. The fourth-order valence-corrected chi connectivity index (χ4v) is 2.54. The van der Waals surface area contributed by atoms with Crippen molar-refractivity contribution in [1.29, 1.82) is 0 Å². The van der Waals surface area contributed by atoms with E-state index in [9.17, 15) is 8.42 Å². The Balaban J connectivity index is 2.61. The number of amidine groups is 1. The molecule has 0 radical (unpaired) electrons. The molecule has 1 aliphatic rings. The van der Waals surface area contributed by atoms with Crippen molar-refractivity contribution in [2.24, 2.45) is 16.8 Å². The zero-order valence-corrected chi connectivity index (χ0v) is 10.00. The average molecular weight is 250 g/mol. The van der Waals surface area contributed by atoms with E-state index in [1.807, 2.05) is 6.92 Å². The van der Waals surface area contributed by atoms with Gasteiger partial charge in [-0.05, 0) is 25.2 Å². The van der Waals surface area contributed by atoms with Gasteiger partial charge >= 0.3 is 0 Å². The highest BCUT2D eigenvalue weighted by Crippen LogP contribution is 2.32. The summed E-state index contributed by atoms with van der Waals surface area (Å²) < 4.78 is 27.8. The zero-order chi connectivity index (χ0) is 12.2. The van der Waals surface area contributed by atoms with Gasteiger partial charge in [0, 0.05) is 6.54 Å². The first-order chi connectivity index (χ1) is 7.50. The summed E-state index contributed by atoms with van der Waals surface area (Å²) in [6.07, 6.45) is 2.48. The molecule has 1 atom stereocenters. The van der Waals surface area contributed by atoms with Crippen LogP contribution in [0.15, 0.2) is 5.16 Å². The van der Waals surface area contributed by atoms with E-state index in [0.29, 0.717) is 13.0 Å². The summed E-state index contributed by atoms with van der Waals surface area (Å²) in [7, 11) is -3.58. The van der Waals surface area contributed by atoms with E-state index >= 15 is 0 Å². The molecule has 94 valence electrons. The van der Waals surface area contributed by atoms with Gasteiger partial charge in [-0.2, -0.15) is 13.1 Å². The number of hydrogen-bond donors (Lipinski definition) is 4. The lowest BCUT2D eigenvalue weighted by Crippen LogP contribution is -2.50. The minimum absolute atomic E-state index is 0.0932. The van der Waals surface area contributed by atoms with Gasteiger partial charge in [-0.1, -0.05) is 12.1 Å². The second-order valence-corrected chi connectivity index (χ2v) is 5.39. The molecule has 1 rings (SSSR count). The molecular weight excluding hydrogens is 232 g/mol. The van der Waals surface area contributed by atoms with E-state index in [1.54, 1.807) is 0 Å². The number of nitrogens with one attached hydrogen (secondary N) is 2. The molecule has 7 nitrogen and oxygen atoms in total. The van der Waals surface area contributed by atoms with Crippen LogP contribution in [0.3, 0.4) is 0 Å². The summed E-state index contributed by atoms with van der Waals surface area (Å²) in [5.41, 5.74) is 5.44. The second-order valence-electron chi connectivity index (χ2n) is 3.86. The first-order valence-corrected chi connectivity index (χ1v) is 6.72. The monoisotopic (exact) mass is 250 g/mol. The molecule has 1 unspecified atom stereocenters. The third kappa shape index (κ3) is 3.95. The number of rotatable bonds is 7. The number of hydrogen-bond acceptors (Lipinski definition) is 4. The Kier molecular flexibility index (Phi) is 4.51. The molecule has 0 aromatic carbocycles. The van der Waals surface area contributed by atoms with Gasteiger partial charge in [0.05, 0.1) is 6.04 Å². The van der Waals surface area contributed by atoms with Crippen molar-refractivity contribution in [3.8, 4) is 0 Å². The molecule has 1 aliphatic carbocycles. The van der Waals surface area contributed by atoms with Crippen LogP contribution in [0.1, 0.15) is 26.2 Å². The van der Waals surface area contributed by atoms with Gasteiger partial charge < -0.3 is 10.9 Å². The SMILES string of the molecule is CCCNS(=O)(=O)NC(C(N)=NO)C1CC1. The molecule has 0 aromatic heterocycles. The van der Waals surface area contributed by atoms with Crippen LogP contribution >= 0.6 is 0 Å². The van der Waals surface area contributed by atoms with Crippen LogP contribution in [0, 0.1) is 5.92 Å². The molecule has 1 saturated carbocycles. The molecule has 0 amide bonds. The molecule has 0 saturated heterocycles. The molecule has 0 aromatic rings. The van der Waals surface area contributed by atoms with Gasteiger partial charge in [0.25, 0.3) is 10.2 Å². The minimum Gasteiger partial charge on any atom is -0.409 e. The topological polar surface area (TPSA) is 117 Å². The van der Waals surface area contributed by atoms with Crippen molar-refractivity contribution in [2.75, 3.05) is 6.54 Å². The standard InChI is InChI=1S/C8H18N4O3S/c1-2-5-10-16(14,15)12-7(6-3-4-6)8(9)11-13/h6-7,10,12-13H,2-5H2,1H3,(H2,9,11). The van der Waals surface area contributed by atoms with Gasteiger partial charge in [0.15, 0.2) is 5.84 Å². The average Bonchev–Trinajstić information content (AvgIpc) is 3.06. The first-order valence-electron chi connectivity index (χ1n) is 5.24. The fourth-order valence-electron chi connectivity index (χ4n) is 1.34. The van der Waals surface area contributed by atoms with Crippen LogP contribution in [-0.4, -0.2) is 32.0 Å². The molecule has 0 spiro atoms. The first kappa shape index (κ1) is 13.2. The van der Waals surface area contributed by atoms with Crippen molar-refractivity contribution >= 4 is 16.0 Å². The predicted octanol–water partition coefficient (Wildman–Crippen LogP) is -0.655. The lowest BCUT2D eigenvalue weighted by Gasteiger charge is -2.16. The summed E-state index contributed by atoms with van der Waals surface area (Å²) in [6, 6.07) is -0.612. The Morgan fingerprint density at radius 3 is 2.69 bits per heavy atom. The summed E-state index contributed by atoms with van der Waals surface area (Å²) in [4.78, 5) is 0. The van der Waals surface area contributed by atoms with Crippen molar-refractivity contribution < 1.29 is 13.6 Å². The van der Waals surface area contributed by atoms with Crippen molar-refractivity contribution in [3.05, 3.63) is 0 Å². The smallest absolute Gasteiger partial charge is 0.277 e. The lowest BCUT2D eigenvalue weighted by molar-refractivity contribution is 0.314.